The number of hydrogen-bond acceptors (Lipinski definition) is 8. The van der Waals surface area contributed by atoms with E-state index in [0.717, 1.165) is 5.56 Å². The molecule has 0 fully saturated rings. The van der Waals surface area contributed by atoms with Crippen LogP contribution in [0.3, 0.4) is 0 Å². The third-order valence-corrected chi connectivity index (χ3v) is 4.05. The summed E-state index contributed by atoms with van der Waals surface area (Å²) in [7, 11) is -3.13. The molecule has 0 aliphatic rings. The molecule has 0 amide bonds. The summed E-state index contributed by atoms with van der Waals surface area (Å²) in [6.07, 6.45) is 0. The summed E-state index contributed by atoms with van der Waals surface area (Å²) in [5.74, 6) is -1.40. The molecule has 0 saturated heterocycles. The number of nitrogens with two attached hydrogens (primary N) is 1. The van der Waals surface area contributed by atoms with Crippen molar-refractivity contribution in [3.05, 3.63) is 71.3 Å². The fourth-order valence-electron chi connectivity index (χ4n) is 2.13. The molecule has 0 bridgehead atoms. The van der Waals surface area contributed by atoms with E-state index in [2.05, 4.69) is 4.18 Å². The van der Waals surface area contributed by atoms with Crippen molar-refractivity contribution in [3.63, 3.8) is 0 Å². The van der Waals surface area contributed by atoms with Crippen LogP contribution in [-0.2, 0) is 41.8 Å². The Morgan fingerprint density at radius 3 is 2.22 bits per heavy atom. The van der Waals surface area contributed by atoms with Gasteiger partial charge in [-0.15, -0.1) is 0 Å². The van der Waals surface area contributed by atoms with Gasteiger partial charge in [0.15, 0.2) is 12.3 Å². The Bertz CT molecular complexity index is 853. The minimum atomic E-state index is -3.13. The van der Waals surface area contributed by atoms with Crippen LogP contribution in [0.4, 0.5) is 0 Å². The van der Waals surface area contributed by atoms with Crippen LogP contribution in [0.5, 0.6) is 0 Å². The van der Waals surface area contributed by atoms with Crippen LogP contribution in [0.25, 0.3) is 0 Å². The van der Waals surface area contributed by atoms with Crippen molar-refractivity contribution in [2.45, 2.75) is 19.3 Å². The highest BCUT2D eigenvalue weighted by Crippen LogP contribution is 2.20. The number of esters is 2. The molecule has 0 spiro atoms. The maximum atomic E-state index is 12.0. The Hall–Kier alpha value is -2.75. The molecule has 0 heterocycles. The normalized spacial score (nSPS) is 13.0. The van der Waals surface area contributed by atoms with Gasteiger partial charge < -0.3 is 9.47 Å². The molecule has 2 rings (SSSR count). The molecule has 1 unspecified atom stereocenters. The molecule has 2 N–H and O–H groups in total. The maximum absolute atomic E-state index is 12.0. The van der Waals surface area contributed by atoms with Gasteiger partial charge in [0, 0.05) is 0 Å². The molecule has 1 atom stereocenters. The van der Waals surface area contributed by atoms with E-state index in [-0.39, 0.29) is 12.2 Å². The maximum Gasteiger partial charge on any atom is 0.344 e. The number of hydrogen-bond donors (Lipinski definition) is 2. The molecule has 2 aromatic carbocycles. The second kappa shape index (κ2) is 9.26. The minimum Gasteiger partial charge on any atom is -0.458 e. The average Bonchev–Trinajstić information content (AvgIpc) is 2.64. The van der Waals surface area contributed by atoms with Crippen LogP contribution < -0.4 is 5.73 Å². The van der Waals surface area contributed by atoms with E-state index in [0.29, 0.717) is 5.56 Å². The van der Waals surface area contributed by atoms with E-state index >= 15 is 0 Å². The minimum absolute atomic E-state index is 0.0863. The quantitative estimate of drug-likeness (QED) is 0.390. The van der Waals surface area contributed by atoms with Crippen molar-refractivity contribution < 1.29 is 31.7 Å². The molecular weight excluding hydrogens is 374 g/mol. The first kappa shape index (κ1) is 20.6. The highest BCUT2D eigenvalue weighted by molar-refractivity contribution is 7.67. The van der Waals surface area contributed by atoms with Crippen molar-refractivity contribution >= 4 is 22.9 Å². The predicted molar refractivity (Wildman–Crippen MR) is 95.9 cm³/mol. The first-order chi connectivity index (χ1) is 12.8. The molecule has 0 aromatic heterocycles. The summed E-state index contributed by atoms with van der Waals surface area (Å²) in [5, 5.41) is 0. The summed E-state index contributed by atoms with van der Waals surface area (Å²) < 4.78 is 35.9. The lowest BCUT2D eigenvalue weighted by molar-refractivity contribution is -0.148. The van der Waals surface area contributed by atoms with Crippen LogP contribution in [0.15, 0.2) is 54.6 Å². The van der Waals surface area contributed by atoms with E-state index < -0.39 is 35.3 Å². The van der Waals surface area contributed by atoms with E-state index in [9.17, 15) is 18.0 Å². The number of ether oxygens (including phenoxy) is 2. The Kier molecular flexibility index (Phi) is 7.05. The lowest BCUT2D eigenvalue weighted by Gasteiger charge is -2.21. The van der Waals surface area contributed by atoms with E-state index in [4.69, 9.17) is 15.2 Å². The topological polar surface area (TPSA) is 122 Å². The van der Waals surface area contributed by atoms with Crippen molar-refractivity contribution in [2.75, 3.05) is 6.61 Å². The first-order valence-corrected chi connectivity index (χ1v) is 8.97. The molecule has 8 nitrogen and oxygen atoms in total. The predicted octanol–water partition coefficient (Wildman–Crippen LogP) is 1.26. The van der Waals surface area contributed by atoms with Gasteiger partial charge in [-0.3, -0.25) is 5.73 Å². The molecule has 144 valence electrons. The molecular formula is C18H19NO7S. The summed E-state index contributed by atoms with van der Waals surface area (Å²) in [6.45, 7) is 0.930. The van der Waals surface area contributed by atoms with E-state index in [1.165, 1.54) is 31.2 Å². The van der Waals surface area contributed by atoms with Crippen molar-refractivity contribution in [2.24, 2.45) is 5.73 Å². The summed E-state index contributed by atoms with van der Waals surface area (Å²) >= 11 is 0. The molecule has 0 saturated carbocycles. The number of benzene rings is 2. The number of thiol groups is 1. The van der Waals surface area contributed by atoms with Gasteiger partial charge >= 0.3 is 11.9 Å². The van der Waals surface area contributed by atoms with Crippen molar-refractivity contribution in [1.29, 1.82) is 0 Å². The molecule has 27 heavy (non-hydrogen) atoms. The number of carbonyl (C=O) groups excluding carboxylic acids is 2. The Morgan fingerprint density at radius 1 is 1.00 bits per heavy atom. The number of carbonyl (C=O) groups is 2. The van der Waals surface area contributed by atoms with Crippen LogP contribution in [-0.4, -0.2) is 27.0 Å². The highest BCUT2D eigenvalue weighted by Gasteiger charge is 2.24. The van der Waals surface area contributed by atoms with Crippen LogP contribution in [0.1, 0.15) is 28.4 Å². The lowest BCUT2D eigenvalue weighted by atomic mass is 10.0. The van der Waals surface area contributed by atoms with Crippen molar-refractivity contribution in [1.82, 2.24) is 0 Å². The van der Waals surface area contributed by atoms with E-state index in [1.807, 2.05) is 18.2 Å². The molecule has 9 heteroatoms. The summed E-state index contributed by atoms with van der Waals surface area (Å²) in [4.78, 5) is 23.6. The SMILES string of the molecule is CC(N)(O[SH](=O)=O)c1ccc(C(=O)OCC(=O)OCc2ccccc2)cc1. The summed E-state index contributed by atoms with van der Waals surface area (Å²) in [5.41, 5.74) is 5.54. The van der Waals surface area contributed by atoms with Gasteiger partial charge in [-0.2, -0.15) is 0 Å². The van der Waals surface area contributed by atoms with Gasteiger partial charge in [0.2, 0.25) is 0 Å². The zero-order valence-corrected chi connectivity index (χ0v) is 15.4. The van der Waals surface area contributed by atoms with Crippen molar-refractivity contribution in [3.8, 4) is 0 Å². The van der Waals surface area contributed by atoms with Crippen LogP contribution in [0.2, 0.25) is 0 Å². The highest BCUT2D eigenvalue weighted by atomic mass is 32.2. The van der Waals surface area contributed by atoms with Gasteiger partial charge in [0.1, 0.15) is 6.61 Å². The van der Waals surface area contributed by atoms with E-state index in [1.54, 1.807) is 12.1 Å². The largest absolute Gasteiger partial charge is 0.458 e. The molecule has 0 aliphatic carbocycles. The first-order valence-electron chi connectivity index (χ1n) is 7.87. The van der Waals surface area contributed by atoms with Gasteiger partial charge in [0.25, 0.3) is 11.0 Å². The standard InChI is InChI=1S/C18H19NO7S/c1-18(19,26-27(22)23)15-9-7-14(8-10-15)17(21)25-12-16(20)24-11-13-5-3-2-4-6-13/h2-10,27H,11-12,19H2,1H3. The zero-order chi connectivity index (χ0) is 19.9. The Labute approximate surface area is 158 Å². The third kappa shape index (κ3) is 6.48. The fourth-order valence-corrected chi connectivity index (χ4v) is 2.55. The molecule has 2 aromatic rings. The molecule has 0 radical (unpaired) electrons. The van der Waals surface area contributed by atoms with Gasteiger partial charge in [0.05, 0.1) is 5.56 Å². The van der Waals surface area contributed by atoms with Gasteiger partial charge in [-0.25, -0.2) is 22.2 Å². The average molecular weight is 393 g/mol. The Morgan fingerprint density at radius 2 is 1.63 bits per heavy atom. The third-order valence-electron chi connectivity index (χ3n) is 3.52. The fraction of sp³-hybridized carbons (Fsp3) is 0.222. The van der Waals surface area contributed by atoms with Gasteiger partial charge in [-0.05, 0) is 30.2 Å². The van der Waals surface area contributed by atoms with Crippen LogP contribution in [0, 0.1) is 0 Å². The molecule has 0 aliphatic heterocycles. The smallest absolute Gasteiger partial charge is 0.344 e. The Balaban J connectivity index is 1.86. The zero-order valence-electron chi connectivity index (χ0n) is 14.5. The lowest BCUT2D eigenvalue weighted by Crippen LogP contribution is -2.35. The monoisotopic (exact) mass is 393 g/mol. The second-order valence-electron chi connectivity index (χ2n) is 5.72. The summed E-state index contributed by atoms with van der Waals surface area (Å²) in [6, 6.07) is 14.7. The van der Waals surface area contributed by atoms with Crippen LogP contribution >= 0.6 is 0 Å². The van der Waals surface area contributed by atoms with Gasteiger partial charge in [-0.1, -0.05) is 42.5 Å². The second-order valence-corrected chi connectivity index (χ2v) is 6.35. The number of rotatable bonds is 8.